The summed E-state index contributed by atoms with van der Waals surface area (Å²) >= 11 is 6.91. The molecule has 0 aliphatic heterocycles. The average molecular weight is 295 g/mol. The number of nitrogens with zero attached hydrogens (tertiary/aromatic N) is 1. The van der Waals surface area contributed by atoms with Crippen LogP contribution in [0.1, 0.15) is 30.9 Å². The number of alkyl halides is 3. The molecule has 2 aromatic rings. The minimum absolute atomic E-state index is 0.163. The van der Waals surface area contributed by atoms with Gasteiger partial charge in [-0.1, -0.05) is 36.8 Å². The Hall–Kier alpha value is -1.01. The molecule has 0 atom stereocenters. The summed E-state index contributed by atoms with van der Waals surface area (Å²) in [5.74, 6) is -0.163. The van der Waals surface area contributed by atoms with Crippen molar-refractivity contribution in [3.8, 4) is 0 Å². The van der Waals surface area contributed by atoms with Crippen LogP contribution in [0.5, 0.6) is 0 Å². The third-order valence-electron chi connectivity index (χ3n) is 2.56. The number of thiazole rings is 1. The maximum atomic E-state index is 12.9. The van der Waals surface area contributed by atoms with Crippen molar-refractivity contribution in [2.75, 3.05) is 5.73 Å². The Bertz CT molecular complexity index is 604. The van der Waals surface area contributed by atoms with E-state index in [0.29, 0.717) is 15.8 Å². The van der Waals surface area contributed by atoms with Crippen molar-refractivity contribution in [2.24, 2.45) is 0 Å². The van der Waals surface area contributed by atoms with E-state index in [4.69, 9.17) is 17.3 Å². The molecule has 0 bridgehead atoms. The quantitative estimate of drug-likeness (QED) is 0.830. The van der Waals surface area contributed by atoms with Gasteiger partial charge in [-0.3, -0.25) is 0 Å². The molecule has 0 aliphatic rings. The summed E-state index contributed by atoms with van der Waals surface area (Å²) in [4.78, 5) is 4.06. The first kappa shape index (κ1) is 13.4. The zero-order valence-electron chi connectivity index (χ0n) is 9.60. The number of nitrogens with two attached hydrogens (primary N) is 1. The number of anilines is 1. The lowest BCUT2D eigenvalue weighted by atomic mass is 9.99. The van der Waals surface area contributed by atoms with Crippen molar-refractivity contribution < 1.29 is 13.2 Å². The predicted octanol–water partition coefficient (Wildman–Crippen LogP) is 4.67. The lowest BCUT2D eigenvalue weighted by molar-refractivity contribution is -0.137. The van der Waals surface area contributed by atoms with Gasteiger partial charge in [0, 0.05) is 5.56 Å². The van der Waals surface area contributed by atoms with E-state index in [9.17, 15) is 13.2 Å². The highest BCUT2D eigenvalue weighted by Crippen LogP contribution is 2.43. The zero-order valence-corrected chi connectivity index (χ0v) is 11.2. The van der Waals surface area contributed by atoms with Gasteiger partial charge in [-0.2, -0.15) is 13.2 Å². The van der Waals surface area contributed by atoms with Crippen LogP contribution in [-0.4, -0.2) is 4.98 Å². The molecule has 0 amide bonds. The van der Waals surface area contributed by atoms with Gasteiger partial charge in [-0.25, -0.2) is 4.98 Å². The Morgan fingerprint density at radius 1 is 1.39 bits per heavy atom. The van der Waals surface area contributed by atoms with Crippen LogP contribution in [0, 0.1) is 0 Å². The van der Waals surface area contributed by atoms with E-state index in [1.807, 2.05) is 0 Å². The fourth-order valence-corrected chi connectivity index (χ4v) is 3.08. The van der Waals surface area contributed by atoms with Crippen molar-refractivity contribution in [1.29, 1.82) is 0 Å². The number of fused-ring (bicyclic) bond motifs is 1. The zero-order chi connectivity index (χ0) is 13.7. The van der Waals surface area contributed by atoms with Gasteiger partial charge in [-0.05, 0) is 12.0 Å². The molecule has 98 valence electrons. The number of hydrogen-bond acceptors (Lipinski definition) is 3. The molecule has 2 rings (SSSR count). The normalized spacial score (nSPS) is 12.6. The van der Waals surface area contributed by atoms with E-state index in [0.717, 1.165) is 17.4 Å². The number of rotatable bonds is 1. The fourth-order valence-electron chi connectivity index (χ4n) is 1.82. The summed E-state index contributed by atoms with van der Waals surface area (Å²) in [7, 11) is 0. The van der Waals surface area contributed by atoms with Crippen LogP contribution in [0.25, 0.3) is 10.2 Å². The molecule has 7 heteroatoms. The van der Waals surface area contributed by atoms with Crippen LogP contribution >= 0.6 is 22.9 Å². The van der Waals surface area contributed by atoms with E-state index in [-0.39, 0.29) is 16.1 Å². The Kier molecular flexibility index (Phi) is 3.19. The third kappa shape index (κ3) is 2.14. The Balaban J connectivity index is 2.88. The largest absolute Gasteiger partial charge is 0.417 e. The van der Waals surface area contributed by atoms with Crippen molar-refractivity contribution in [1.82, 2.24) is 4.98 Å². The van der Waals surface area contributed by atoms with Gasteiger partial charge in [0.2, 0.25) is 0 Å². The topological polar surface area (TPSA) is 38.9 Å². The fraction of sp³-hybridized carbons (Fsp3) is 0.364. The summed E-state index contributed by atoms with van der Waals surface area (Å²) < 4.78 is 39.1. The second kappa shape index (κ2) is 4.28. The lowest BCUT2D eigenvalue weighted by Gasteiger charge is -2.15. The molecule has 0 aliphatic carbocycles. The highest BCUT2D eigenvalue weighted by molar-refractivity contribution is 7.22. The molecular weight excluding hydrogens is 285 g/mol. The Morgan fingerprint density at radius 2 is 2.00 bits per heavy atom. The van der Waals surface area contributed by atoms with Crippen LogP contribution in [0.2, 0.25) is 5.02 Å². The maximum Gasteiger partial charge on any atom is 0.417 e. The number of aromatic nitrogens is 1. The molecule has 0 saturated heterocycles. The van der Waals surface area contributed by atoms with Gasteiger partial charge in [0.25, 0.3) is 0 Å². The van der Waals surface area contributed by atoms with E-state index in [1.165, 1.54) is 0 Å². The van der Waals surface area contributed by atoms with Gasteiger partial charge >= 0.3 is 6.18 Å². The summed E-state index contributed by atoms with van der Waals surface area (Å²) in [5, 5.41) is -0.0439. The smallest absolute Gasteiger partial charge is 0.375 e. The molecule has 1 aromatic heterocycles. The molecule has 2 N–H and O–H groups in total. The summed E-state index contributed by atoms with van der Waals surface area (Å²) in [6, 6.07) is 1.01. The molecule has 2 nitrogen and oxygen atoms in total. The van der Waals surface area contributed by atoms with Crippen molar-refractivity contribution >= 4 is 38.3 Å². The monoisotopic (exact) mass is 294 g/mol. The van der Waals surface area contributed by atoms with E-state index in [1.54, 1.807) is 13.8 Å². The number of hydrogen-bond donors (Lipinski definition) is 1. The van der Waals surface area contributed by atoms with Crippen molar-refractivity contribution in [3.63, 3.8) is 0 Å². The summed E-state index contributed by atoms with van der Waals surface area (Å²) in [6.07, 6.45) is -4.48. The SMILES string of the molecule is CC(C)c1c(Cl)c(C(F)(F)F)cc2sc(N)nc12. The van der Waals surface area contributed by atoms with E-state index >= 15 is 0 Å². The minimum Gasteiger partial charge on any atom is -0.375 e. The van der Waals surface area contributed by atoms with Gasteiger partial charge in [0.05, 0.1) is 20.8 Å². The second-order valence-electron chi connectivity index (χ2n) is 4.20. The first-order valence-corrected chi connectivity index (χ1v) is 6.37. The van der Waals surface area contributed by atoms with Gasteiger partial charge < -0.3 is 5.73 Å². The highest BCUT2D eigenvalue weighted by atomic mass is 35.5. The van der Waals surface area contributed by atoms with E-state index in [2.05, 4.69) is 4.98 Å². The Labute approximate surface area is 111 Å². The van der Waals surface area contributed by atoms with Gasteiger partial charge in [0.15, 0.2) is 5.13 Å². The van der Waals surface area contributed by atoms with Crippen LogP contribution in [0.15, 0.2) is 6.07 Å². The molecule has 18 heavy (non-hydrogen) atoms. The average Bonchev–Trinajstić information content (AvgIpc) is 2.54. The molecular formula is C11H10ClF3N2S. The lowest BCUT2D eigenvalue weighted by Crippen LogP contribution is -2.08. The van der Waals surface area contributed by atoms with Crippen molar-refractivity contribution in [3.05, 3.63) is 22.2 Å². The predicted molar refractivity (Wildman–Crippen MR) is 68.1 cm³/mol. The summed E-state index contributed by atoms with van der Waals surface area (Å²) in [5.41, 5.74) is 5.58. The van der Waals surface area contributed by atoms with Gasteiger partial charge in [0.1, 0.15) is 0 Å². The Morgan fingerprint density at radius 3 is 2.50 bits per heavy atom. The highest BCUT2D eigenvalue weighted by Gasteiger charge is 2.35. The number of nitrogen functional groups attached to an aromatic ring is 1. The molecule has 0 fully saturated rings. The molecule has 0 saturated carbocycles. The molecule has 1 aromatic carbocycles. The van der Waals surface area contributed by atoms with E-state index < -0.39 is 11.7 Å². The standard InChI is InChI=1S/C11H10ClF3N2S/c1-4(2)7-8(12)5(11(13,14)15)3-6-9(7)17-10(16)18-6/h3-4H,1-2H3,(H2,16,17). The van der Waals surface area contributed by atoms with Crippen LogP contribution in [0.3, 0.4) is 0 Å². The molecule has 0 spiro atoms. The van der Waals surface area contributed by atoms with Crippen LogP contribution in [-0.2, 0) is 6.18 Å². The molecule has 0 radical (unpaired) electrons. The van der Waals surface area contributed by atoms with Crippen LogP contribution < -0.4 is 5.73 Å². The number of benzene rings is 1. The van der Waals surface area contributed by atoms with Gasteiger partial charge in [-0.15, -0.1) is 0 Å². The second-order valence-corrected chi connectivity index (χ2v) is 5.64. The molecule has 0 unspecified atom stereocenters. The maximum absolute atomic E-state index is 12.9. The number of halogens is 4. The minimum atomic E-state index is -4.48. The van der Waals surface area contributed by atoms with Crippen molar-refractivity contribution in [2.45, 2.75) is 25.9 Å². The van der Waals surface area contributed by atoms with Crippen LogP contribution in [0.4, 0.5) is 18.3 Å². The summed E-state index contributed by atoms with van der Waals surface area (Å²) in [6.45, 7) is 3.55. The third-order valence-corrected chi connectivity index (χ3v) is 3.79. The first-order valence-electron chi connectivity index (χ1n) is 5.17. The first-order chi connectivity index (χ1) is 8.21. The molecule has 1 heterocycles.